The van der Waals surface area contributed by atoms with E-state index in [-0.39, 0.29) is 12.5 Å². The molecule has 6 heteroatoms. The molecule has 0 bridgehead atoms. The molecule has 0 saturated carbocycles. The molecule has 1 N–H and O–H groups in total. The van der Waals surface area contributed by atoms with Crippen molar-refractivity contribution in [3.05, 3.63) is 0 Å². The lowest BCUT2D eigenvalue weighted by Crippen LogP contribution is -2.42. The molecule has 1 heterocycles. The number of esters is 1. The highest BCUT2D eigenvalue weighted by molar-refractivity contribution is 5.74. The minimum atomic E-state index is -1.20. The second-order valence-corrected chi connectivity index (χ2v) is 5.74. The molecule has 1 amide bonds. The molecule has 1 rings (SSSR count). The van der Waals surface area contributed by atoms with Crippen molar-refractivity contribution in [3.63, 3.8) is 0 Å². The standard InChI is InChI=1S/C13H23NO5/c1-13(2,3)19-12(17)14-7-5-6-9(14)8-10(15)11(16)18-4/h9-10,15H,5-8H2,1-4H3/t9-,10?/m0/s1. The Hall–Kier alpha value is -1.30. The Morgan fingerprint density at radius 3 is 2.58 bits per heavy atom. The van der Waals surface area contributed by atoms with Crippen molar-refractivity contribution in [3.8, 4) is 0 Å². The molecule has 6 nitrogen and oxygen atoms in total. The first-order chi connectivity index (χ1) is 8.74. The number of amides is 1. The van der Waals surface area contributed by atoms with Gasteiger partial charge in [-0.2, -0.15) is 0 Å². The maximum absolute atomic E-state index is 12.0. The van der Waals surface area contributed by atoms with Crippen molar-refractivity contribution in [1.82, 2.24) is 4.90 Å². The highest BCUT2D eigenvalue weighted by Crippen LogP contribution is 2.24. The molecule has 2 atom stereocenters. The summed E-state index contributed by atoms with van der Waals surface area (Å²) < 4.78 is 9.78. The molecule has 0 radical (unpaired) electrons. The molecule has 0 aliphatic carbocycles. The van der Waals surface area contributed by atoms with E-state index in [1.54, 1.807) is 25.7 Å². The van der Waals surface area contributed by atoms with Gasteiger partial charge < -0.3 is 19.5 Å². The quantitative estimate of drug-likeness (QED) is 0.785. The summed E-state index contributed by atoms with van der Waals surface area (Å²) in [6, 6.07) is -0.177. The van der Waals surface area contributed by atoms with Gasteiger partial charge in [0.2, 0.25) is 0 Å². The van der Waals surface area contributed by atoms with Crippen LogP contribution < -0.4 is 0 Å². The Balaban J connectivity index is 2.59. The van der Waals surface area contributed by atoms with Gasteiger partial charge in [-0.3, -0.25) is 0 Å². The van der Waals surface area contributed by atoms with Crippen LogP contribution in [0.25, 0.3) is 0 Å². The highest BCUT2D eigenvalue weighted by atomic mass is 16.6. The number of nitrogens with zero attached hydrogens (tertiary/aromatic N) is 1. The van der Waals surface area contributed by atoms with E-state index in [0.29, 0.717) is 6.54 Å². The van der Waals surface area contributed by atoms with Gasteiger partial charge in [-0.25, -0.2) is 9.59 Å². The zero-order valence-electron chi connectivity index (χ0n) is 12.0. The Morgan fingerprint density at radius 2 is 2.05 bits per heavy atom. The van der Waals surface area contributed by atoms with Gasteiger partial charge in [0, 0.05) is 19.0 Å². The summed E-state index contributed by atoms with van der Waals surface area (Å²) in [4.78, 5) is 24.8. The molecule has 1 fully saturated rings. The van der Waals surface area contributed by atoms with Gasteiger partial charge in [-0.1, -0.05) is 0 Å². The highest BCUT2D eigenvalue weighted by Gasteiger charge is 2.34. The molecule has 0 aromatic heterocycles. The third kappa shape index (κ3) is 4.70. The lowest BCUT2D eigenvalue weighted by atomic mass is 10.1. The van der Waals surface area contributed by atoms with Crippen molar-refractivity contribution < 1.29 is 24.2 Å². The van der Waals surface area contributed by atoms with Crippen LogP contribution in [0.5, 0.6) is 0 Å². The number of methoxy groups -OCH3 is 1. The molecular formula is C13H23NO5. The van der Waals surface area contributed by atoms with Crippen LogP contribution in [0.1, 0.15) is 40.0 Å². The Kier molecular flexibility index (Phi) is 5.17. The summed E-state index contributed by atoms with van der Waals surface area (Å²) in [6.45, 7) is 6.01. The second kappa shape index (κ2) is 6.23. The normalized spacial score (nSPS) is 21.1. The van der Waals surface area contributed by atoms with Gasteiger partial charge in [-0.15, -0.1) is 0 Å². The van der Waals surface area contributed by atoms with Crippen molar-refractivity contribution in [2.75, 3.05) is 13.7 Å². The number of carbonyl (C=O) groups excluding carboxylic acids is 2. The van der Waals surface area contributed by atoms with Gasteiger partial charge in [0.05, 0.1) is 7.11 Å². The lowest BCUT2D eigenvalue weighted by molar-refractivity contribution is -0.151. The Morgan fingerprint density at radius 1 is 1.42 bits per heavy atom. The molecule has 1 aliphatic heterocycles. The van der Waals surface area contributed by atoms with Crippen LogP contribution in [0.2, 0.25) is 0 Å². The van der Waals surface area contributed by atoms with E-state index in [1.807, 2.05) is 0 Å². The molecule has 1 saturated heterocycles. The van der Waals surface area contributed by atoms with E-state index in [2.05, 4.69) is 4.74 Å². The first kappa shape index (κ1) is 15.8. The molecule has 1 unspecified atom stereocenters. The molecule has 19 heavy (non-hydrogen) atoms. The summed E-state index contributed by atoms with van der Waals surface area (Å²) in [5, 5.41) is 9.66. The summed E-state index contributed by atoms with van der Waals surface area (Å²) in [6.07, 6.45) is 0.196. The molecule has 0 spiro atoms. The lowest BCUT2D eigenvalue weighted by Gasteiger charge is -2.29. The van der Waals surface area contributed by atoms with Gasteiger partial charge in [-0.05, 0) is 33.6 Å². The predicted molar refractivity (Wildman–Crippen MR) is 68.6 cm³/mol. The number of rotatable bonds is 3. The van der Waals surface area contributed by atoms with Crippen LogP contribution in [-0.2, 0) is 14.3 Å². The number of hydrogen-bond donors (Lipinski definition) is 1. The van der Waals surface area contributed by atoms with E-state index < -0.39 is 23.8 Å². The van der Waals surface area contributed by atoms with E-state index >= 15 is 0 Å². The number of hydrogen-bond acceptors (Lipinski definition) is 5. The topological polar surface area (TPSA) is 76.1 Å². The second-order valence-electron chi connectivity index (χ2n) is 5.74. The van der Waals surface area contributed by atoms with Crippen LogP contribution in [0.4, 0.5) is 4.79 Å². The van der Waals surface area contributed by atoms with Crippen molar-refractivity contribution in [2.45, 2.75) is 57.8 Å². The average Bonchev–Trinajstić information content (AvgIpc) is 2.73. The van der Waals surface area contributed by atoms with E-state index in [4.69, 9.17) is 4.74 Å². The van der Waals surface area contributed by atoms with Crippen LogP contribution in [0.3, 0.4) is 0 Å². The zero-order chi connectivity index (χ0) is 14.6. The fourth-order valence-corrected chi connectivity index (χ4v) is 2.13. The van der Waals surface area contributed by atoms with Crippen LogP contribution in [0.15, 0.2) is 0 Å². The fraction of sp³-hybridized carbons (Fsp3) is 0.846. The average molecular weight is 273 g/mol. The van der Waals surface area contributed by atoms with Crippen molar-refractivity contribution in [2.24, 2.45) is 0 Å². The van der Waals surface area contributed by atoms with Crippen LogP contribution >= 0.6 is 0 Å². The molecule has 0 aromatic carbocycles. The third-order valence-electron chi connectivity index (χ3n) is 2.97. The Bertz CT molecular complexity index is 336. The minimum absolute atomic E-state index is 0.177. The number of aliphatic hydroxyl groups is 1. The first-order valence-corrected chi connectivity index (χ1v) is 6.50. The smallest absolute Gasteiger partial charge is 0.410 e. The van der Waals surface area contributed by atoms with Gasteiger partial charge in [0.25, 0.3) is 0 Å². The first-order valence-electron chi connectivity index (χ1n) is 6.50. The van der Waals surface area contributed by atoms with E-state index in [1.165, 1.54) is 7.11 Å². The summed E-state index contributed by atoms with van der Waals surface area (Å²) in [7, 11) is 1.23. The maximum atomic E-state index is 12.0. The maximum Gasteiger partial charge on any atom is 0.410 e. The Labute approximate surface area is 113 Å². The molecule has 110 valence electrons. The van der Waals surface area contributed by atoms with Crippen LogP contribution in [0, 0.1) is 0 Å². The number of ether oxygens (including phenoxy) is 2. The third-order valence-corrected chi connectivity index (χ3v) is 2.97. The minimum Gasteiger partial charge on any atom is -0.467 e. The fourth-order valence-electron chi connectivity index (χ4n) is 2.13. The van der Waals surface area contributed by atoms with E-state index in [9.17, 15) is 14.7 Å². The number of likely N-dealkylation sites (tertiary alicyclic amines) is 1. The zero-order valence-corrected chi connectivity index (χ0v) is 12.0. The van der Waals surface area contributed by atoms with Gasteiger partial charge in [0.1, 0.15) is 5.60 Å². The molecular weight excluding hydrogens is 250 g/mol. The summed E-state index contributed by atoms with van der Waals surface area (Å²) in [5.74, 6) is -0.670. The molecule has 0 aromatic rings. The summed E-state index contributed by atoms with van der Waals surface area (Å²) in [5.41, 5.74) is -0.550. The van der Waals surface area contributed by atoms with Crippen molar-refractivity contribution >= 4 is 12.1 Å². The number of aliphatic hydroxyl groups excluding tert-OH is 1. The predicted octanol–water partition coefficient (Wildman–Crippen LogP) is 1.31. The summed E-state index contributed by atoms with van der Waals surface area (Å²) >= 11 is 0. The van der Waals surface area contributed by atoms with Crippen LogP contribution in [-0.4, -0.2) is 53.5 Å². The van der Waals surface area contributed by atoms with Gasteiger partial charge in [0.15, 0.2) is 6.10 Å². The van der Waals surface area contributed by atoms with E-state index in [0.717, 1.165) is 12.8 Å². The van der Waals surface area contributed by atoms with Crippen molar-refractivity contribution in [1.29, 1.82) is 0 Å². The largest absolute Gasteiger partial charge is 0.467 e. The van der Waals surface area contributed by atoms with Gasteiger partial charge >= 0.3 is 12.1 Å². The monoisotopic (exact) mass is 273 g/mol. The molecule has 1 aliphatic rings. The SMILES string of the molecule is COC(=O)C(O)C[C@@H]1CCCN1C(=O)OC(C)(C)C. The number of carbonyl (C=O) groups is 2.